The van der Waals surface area contributed by atoms with Crippen LogP contribution >= 0.6 is 0 Å². The van der Waals surface area contributed by atoms with Crippen molar-refractivity contribution in [3.05, 3.63) is 0 Å². The molecule has 11 heavy (non-hydrogen) atoms. The third kappa shape index (κ3) is 4.36. The zero-order chi connectivity index (χ0) is 8.85. The maximum Gasteiger partial charge on any atom is 0.306 e. The van der Waals surface area contributed by atoms with Gasteiger partial charge in [0, 0.05) is 6.42 Å². The lowest BCUT2D eigenvalue weighted by Gasteiger charge is -2.07. The van der Waals surface area contributed by atoms with Crippen LogP contribution in [0.5, 0.6) is 0 Å². The first kappa shape index (κ1) is 9.94. The van der Waals surface area contributed by atoms with Crippen molar-refractivity contribution in [2.24, 2.45) is 5.92 Å². The van der Waals surface area contributed by atoms with Crippen LogP contribution in [-0.2, 0) is 9.53 Å². The lowest BCUT2D eigenvalue weighted by atomic mass is 10.1. The Morgan fingerprint density at radius 2 is 2.27 bits per heavy atom. The van der Waals surface area contributed by atoms with Gasteiger partial charge in [0.1, 0.15) is 0 Å². The zero-order valence-corrected chi connectivity index (χ0v) is 6.76. The second-order valence-corrected chi connectivity index (χ2v) is 2.30. The number of nitrogens with one attached hydrogen (secondary N) is 1. The number of carbonyl (C=O) groups is 1. The predicted molar refractivity (Wildman–Crippen MR) is 40.8 cm³/mol. The molecule has 0 aromatic heterocycles. The third-order valence-electron chi connectivity index (χ3n) is 1.23. The van der Waals surface area contributed by atoms with Gasteiger partial charge in [0.2, 0.25) is 0 Å². The molecule has 0 rings (SSSR count). The number of carboxylic acid groups (broad SMARTS) is 1. The van der Waals surface area contributed by atoms with E-state index in [2.05, 4.69) is 0 Å². The van der Waals surface area contributed by atoms with E-state index < -0.39 is 11.9 Å². The molecule has 0 aliphatic heterocycles. The molecule has 0 fully saturated rings. The van der Waals surface area contributed by atoms with Crippen LogP contribution in [0.1, 0.15) is 20.3 Å². The molecule has 1 atom stereocenters. The molecule has 4 heteroatoms. The highest BCUT2D eigenvalue weighted by atomic mass is 16.5. The lowest BCUT2D eigenvalue weighted by Crippen LogP contribution is -2.15. The molecule has 0 bridgehead atoms. The Kier molecular flexibility index (Phi) is 4.26. The topological polar surface area (TPSA) is 70.4 Å². The van der Waals surface area contributed by atoms with Gasteiger partial charge in [0.15, 0.2) is 5.90 Å². The van der Waals surface area contributed by atoms with E-state index in [-0.39, 0.29) is 12.3 Å². The first-order chi connectivity index (χ1) is 5.07. The van der Waals surface area contributed by atoms with Crippen molar-refractivity contribution in [3.63, 3.8) is 0 Å². The average molecular weight is 159 g/mol. The zero-order valence-electron chi connectivity index (χ0n) is 6.76. The molecule has 4 nitrogen and oxygen atoms in total. The van der Waals surface area contributed by atoms with Gasteiger partial charge in [-0.05, 0) is 6.92 Å². The summed E-state index contributed by atoms with van der Waals surface area (Å²) < 4.78 is 4.78. The van der Waals surface area contributed by atoms with Crippen LogP contribution in [0.3, 0.4) is 0 Å². The number of ether oxygens (including phenoxy) is 1. The summed E-state index contributed by atoms with van der Waals surface area (Å²) in [7, 11) is 0. The molecule has 0 saturated carbocycles. The summed E-state index contributed by atoms with van der Waals surface area (Å²) in [6.07, 6.45) is 0.170. The molecule has 0 aliphatic rings. The quantitative estimate of drug-likeness (QED) is 0.476. The predicted octanol–water partition coefficient (Wildman–Crippen LogP) is 1.11. The van der Waals surface area contributed by atoms with E-state index >= 15 is 0 Å². The van der Waals surface area contributed by atoms with Crippen LogP contribution in [0, 0.1) is 11.3 Å². The number of aliphatic carboxylic acids is 1. The molecule has 0 amide bonds. The number of hydrogen-bond acceptors (Lipinski definition) is 3. The summed E-state index contributed by atoms with van der Waals surface area (Å²) in [5.41, 5.74) is 0. The van der Waals surface area contributed by atoms with Gasteiger partial charge in [0.05, 0.1) is 12.5 Å². The minimum atomic E-state index is -0.894. The van der Waals surface area contributed by atoms with Crippen molar-refractivity contribution in [2.45, 2.75) is 20.3 Å². The van der Waals surface area contributed by atoms with Gasteiger partial charge in [-0.25, -0.2) is 0 Å². The highest BCUT2D eigenvalue weighted by Gasteiger charge is 2.13. The van der Waals surface area contributed by atoms with Gasteiger partial charge in [0.25, 0.3) is 0 Å². The summed E-state index contributed by atoms with van der Waals surface area (Å²) in [4.78, 5) is 10.3. The molecule has 0 heterocycles. The molecule has 0 radical (unpaired) electrons. The summed E-state index contributed by atoms with van der Waals surface area (Å²) in [6, 6.07) is 0. The Balaban J connectivity index is 3.66. The van der Waals surface area contributed by atoms with E-state index in [1.807, 2.05) is 0 Å². The Labute approximate surface area is 65.7 Å². The van der Waals surface area contributed by atoms with E-state index in [9.17, 15) is 4.79 Å². The molecule has 0 saturated heterocycles. The van der Waals surface area contributed by atoms with E-state index in [4.69, 9.17) is 15.3 Å². The molecule has 0 spiro atoms. The van der Waals surface area contributed by atoms with Gasteiger partial charge in [-0.1, -0.05) is 6.92 Å². The molecule has 0 aromatic rings. The summed E-state index contributed by atoms with van der Waals surface area (Å²) in [5.74, 6) is -1.38. The Morgan fingerprint density at radius 3 is 2.64 bits per heavy atom. The van der Waals surface area contributed by atoms with Gasteiger partial charge in [-0.15, -0.1) is 0 Å². The van der Waals surface area contributed by atoms with E-state index in [1.54, 1.807) is 13.8 Å². The summed E-state index contributed by atoms with van der Waals surface area (Å²) >= 11 is 0. The smallest absolute Gasteiger partial charge is 0.306 e. The minimum Gasteiger partial charge on any atom is -0.481 e. The largest absolute Gasteiger partial charge is 0.481 e. The van der Waals surface area contributed by atoms with Crippen molar-refractivity contribution >= 4 is 11.9 Å². The van der Waals surface area contributed by atoms with Crippen molar-refractivity contribution in [1.29, 1.82) is 5.41 Å². The van der Waals surface area contributed by atoms with Crippen LogP contribution in [0.15, 0.2) is 0 Å². The number of hydrogen-bond donors (Lipinski definition) is 2. The van der Waals surface area contributed by atoms with Crippen molar-refractivity contribution in [3.8, 4) is 0 Å². The molecular formula is C7H13NO3. The number of rotatable bonds is 4. The van der Waals surface area contributed by atoms with E-state index in [0.29, 0.717) is 6.61 Å². The average Bonchev–Trinajstić information content (AvgIpc) is 1.87. The van der Waals surface area contributed by atoms with Crippen LogP contribution in [0.4, 0.5) is 0 Å². The molecule has 2 N–H and O–H groups in total. The third-order valence-corrected chi connectivity index (χ3v) is 1.23. The first-order valence-corrected chi connectivity index (χ1v) is 3.51. The van der Waals surface area contributed by atoms with Gasteiger partial charge >= 0.3 is 5.97 Å². The molecular weight excluding hydrogens is 146 g/mol. The molecule has 0 aliphatic carbocycles. The van der Waals surface area contributed by atoms with Crippen molar-refractivity contribution in [2.75, 3.05) is 6.61 Å². The highest BCUT2D eigenvalue weighted by Crippen LogP contribution is 2.02. The Hall–Kier alpha value is -1.06. The van der Waals surface area contributed by atoms with Gasteiger partial charge in [-0.3, -0.25) is 10.2 Å². The summed E-state index contributed by atoms with van der Waals surface area (Å²) in [6.45, 7) is 3.74. The first-order valence-electron chi connectivity index (χ1n) is 3.51. The van der Waals surface area contributed by atoms with Crippen LogP contribution in [0.25, 0.3) is 0 Å². The highest BCUT2D eigenvalue weighted by molar-refractivity contribution is 5.79. The Morgan fingerprint density at radius 1 is 1.73 bits per heavy atom. The van der Waals surface area contributed by atoms with Gasteiger partial charge in [-0.2, -0.15) is 0 Å². The number of carboxylic acids is 1. The Bertz CT molecular complexity index is 156. The standard InChI is InChI=1S/C7H13NO3/c1-3-11-6(8)4-5(2)7(9)10/h5,8H,3-4H2,1-2H3,(H,9,10). The second-order valence-electron chi connectivity index (χ2n) is 2.30. The lowest BCUT2D eigenvalue weighted by molar-refractivity contribution is -0.140. The van der Waals surface area contributed by atoms with E-state index in [1.165, 1.54) is 0 Å². The molecule has 1 unspecified atom stereocenters. The fraction of sp³-hybridized carbons (Fsp3) is 0.714. The van der Waals surface area contributed by atoms with Crippen molar-refractivity contribution < 1.29 is 14.6 Å². The van der Waals surface area contributed by atoms with E-state index in [0.717, 1.165) is 0 Å². The minimum absolute atomic E-state index is 0.0439. The normalized spacial score (nSPS) is 12.2. The maximum absolute atomic E-state index is 10.3. The monoisotopic (exact) mass is 159 g/mol. The van der Waals surface area contributed by atoms with Crippen LogP contribution in [0.2, 0.25) is 0 Å². The SMILES string of the molecule is CCOC(=N)CC(C)C(=O)O. The second kappa shape index (κ2) is 4.71. The summed E-state index contributed by atoms with van der Waals surface area (Å²) in [5, 5.41) is 15.6. The van der Waals surface area contributed by atoms with Crippen LogP contribution < -0.4 is 0 Å². The fourth-order valence-corrected chi connectivity index (χ4v) is 0.599. The van der Waals surface area contributed by atoms with Crippen LogP contribution in [-0.4, -0.2) is 23.6 Å². The maximum atomic E-state index is 10.3. The molecule has 64 valence electrons. The molecule has 0 aromatic carbocycles. The van der Waals surface area contributed by atoms with Crippen molar-refractivity contribution in [1.82, 2.24) is 0 Å². The fourth-order valence-electron chi connectivity index (χ4n) is 0.599. The van der Waals surface area contributed by atoms with Gasteiger partial charge < -0.3 is 9.84 Å².